The van der Waals surface area contributed by atoms with Gasteiger partial charge in [-0.15, -0.1) is 0 Å². The van der Waals surface area contributed by atoms with Gasteiger partial charge in [0.2, 0.25) is 0 Å². The van der Waals surface area contributed by atoms with Gasteiger partial charge >= 0.3 is 5.97 Å². The molecule has 18 heavy (non-hydrogen) atoms. The van der Waals surface area contributed by atoms with Gasteiger partial charge in [-0.1, -0.05) is 25.0 Å². The van der Waals surface area contributed by atoms with Crippen molar-refractivity contribution < 1.29 is 14.3 Å². The van der Waals surface area contributed by atoms with Crippen molar-refractivity contribution in [2.45, 2.75) is 32.6 Å². The maximum Gasteiger partial charge on any atom is 0.338 e. The van der Waals surface area contributed by atoms with Crippen LogP contribution in [-0.4, -0.2) is 18.4 Å². The topological polar surface area (TPSA) is 43.4 Å². The minimum Gasteiger partial charge on any atom is -0.462 e. The van der Waals surface area contributed by atoms with Crippen molar-refractivity contribution in [1.82, 2.24) is 0 Å². The number of hydrogen-bond donors (Lipinski definition) is 0. The molecule has 96 valence electrons. The van der Waals surface area contributed by atoms with Crippen molar-refractivity contribution in [2.75, 3.05) is 6.61 Å². The fourth-order valence-electron chi connectivity index (χ4n) is 2.41. The summed E-state index contributed by atoms with van der Waals surface area (Å²) in [5, 5.41) is 0. The summed E-state index contributed by atoms with van der Waals surface area (Å²) in [7, 11) is 0. The average molecular weight is 246 g/mol. The lowest BCUT2D eigenvalue weighted by molar-refractivity contribution is 0.0526. The third-order valence-corrected chi connectivity index (χ3v) is 3.41. The first-order chi connectivity index (χ1) is 8.72. The molecule has 3 nitrogen and oxygen atoms in total. The van der Waals surface area contributed by atoms with Gasteiger partial charge in [0, 0.05) is 11.5 Å². The van der Waals surface area contributed by atoms with E-state index >= 15 is 0 Å². The molecule has 1 aliphatic rings. The summed E-state index contributed by atoms with van der Waals surface area (Å²) in [5.74, 6) is 0.0544. The molecule has 0 aliphatic heterocycles. The first-order valence-electron chi connectivity index (χ1n) is 6.53. The van der Waals surface area contributed by atoms with E-state index in [1.807, 2.05) is 0 Å². The number of carbonyl (C=O) groups excluding carboxylic acids is 2. The van der Waals surface area contributed by atoms with E-state index in [0.717, 1.165) is 25.7 Å². The summed E-state index contributed by atoms with van der Waals surface area (Å²) >= 11 is 0. The Bertz CT molecular complexity index is 428. The molecule has 1 aromatic rings. The first kappa shape index (κ1) is 12.8. The molecule has 0 heterocycles. The molecule has 0 radical (unpaired) electrons. The van der Waals surface area contributed by atoms with Crippen LogP contribution in [0.4, 0.5) is 0 Å². The zero-order valence-corrected chi connectivity index (χ0v) is 10.6. The molecule has 0 N–H and O–H groups in total. The molecule has 0 amide bonds. The number of ether oxygens (including phenoxy) is 1. The highest BCUT2D eigenvalue weighted by Crippen LogP contribution is 2.28. The van der Waals surface area contributed by atoms with Gasteiger partial charge in [0.15, 0.2) is 5.78 Å². The third kappa shape index (κ3) is 2.78. The molecule has 3 heteroatoms. The molecule has 0 saturated heterocycles. The summed E-state index contributed by atoms with van der Waals surface area (Å²) in [6, 6.07) is 6.79. The number of rotatable bonds is 4. The molecular formula is C15H18O3. The quantitative estimate of drug-likeness (QED) is 0.605. The molecule has 1 saturated carbocycles. The Labute approximate surface area is 107 Å². The van der Waals surface area contributed by atoms with E-state index in [2.05, 4.69) is 0 Å². The molecule has 1 aromatic carbocycles. The van der Waals surface area contributed by atoms with Gasteiger partial charge < -0.3 is 4.74 Å². The number of hydrogen-bond acceptors (Lipinski definition) is 3. The Morgan fingerprint density at radius 1 is 1.11 bits per heavy atom. The maximum absolute atomic E-state index is 12.1. The minimum absolute atomic E-state index is 0.179. The highest BCUT2D eigenvalue weighted by Gasteiger charge is 2.23. The van der Waals surface area contributed by atoms with Crippen LogP contribution in [-0.2, 0) is 4.74 Å². The van der Waals surface area contributed by atoms with Gasteiger partial charge in [-0.2, -0.15) is 0 Å². The van der Waals surface area contributed by atoms with Crippen molar-refractivity contribution in [3.63, 3.8) is 0 Å². The largest absolute Gasteiger partial charge is 0.462 e. The monoisotopic (exact) mass is 246 g/mol. The Morgan fingerprint density at radius 2 is 1.67 bits per heavy atom. The Hall–Kier alpha value is -1.64. The Morgan fingerprint density at radius 3 is 2.22 bits per heavy atom. The van der Waals surface area contributed by atoms with E-state index < -0.39 is 0 Å². The van der Waals surface area contributed by atoms with Gasteiger partial charge in [0.25, 0.3) is 0 Å². The number of benzene rings is 1. The number of esters is 1. The highest BCUT2D eigenvalue weighted by molar-refractivity contribution is 5.99. The lowest BCUT2D eigenvalue weighted by Crippen LogP contribution is -2.11. The van der Waals surface area contributed by atoms with Gasteiger partial charge in [-0.05, 0) is 31.9 Å². The lowest BCUT2D eigenvalue weighted by Gasteiger charge is -2.08. The van der Waals surface area contributed by atoms with Crippen LogP contribution in [0.3, 0.4) is 0 Å². The van der Waals surface area contributed by atoms with Gasteiger partial charge in [0.1, 0.15) is 0 Å². The van der Waals surface area contributed by atoms with Crippen LogP contribution >= 0.6 is 0 Å². The molecule has 0 spiro atoms. The van der Waals surface area contributed by atoms with Gasteiger partial charge in [-0.3, -0.25) is 4.79 Å². The molecule has 0 unspecified atom stereocenters. The van der Waals surface area contributed by atoms with E-state index in [-0.39, 0.29) is 17.7 Å². The average Bonchev–Trinajstić information content (AvgIpc) is 2.92. The summed E-state index contributed by atoms with van der Waals surface area (Å²) < 4.78 is 4.90. The van der Waals surface area contributed by atoms with Gasteiger partial charge in [-0.25, -0.2) is 4.79 Å². The number of Topliss-reactive ketones (excluding diaryl/α,β-unsaturated/α-hetero) is 1. The second kappa shape index (κ2) is 5.80. The molecular weight excluding hydrogens is 228 g/mol. The lowest BCUT2D eigenvalue weighted by atomic mass is 9.96. The predicted molar refractivity (Wildman–Crippen MR) is 68.7 cm³/mol. The summed E-state index contributed by atoms with van der Waals surface area (Å²) in [5.41, 5.74) is 1.20. The minimum atomic E-state index is -0.336. The molecule has 0 atom stereocenters. The second-order valence-electron chi connectivity index (χ2n) is 4.64. The first-order valence-corrected chi connectivity index (χ1v) is 6.53. The molecule has 1 fully saturated rings. The molecule has 0 bridgehead atoms. The SMILES string of the molecule is CCOC(=O)c1ccc(C(=O)C2CCCC2)cc1. The fraction of sp³-hybridized carbons (Fsp3) is 0.467. The fourth-order valence-corrected chi connectivity index (χ4v) is 2.41. The number of carbonyl (C=O) groups is 2. The summed E-state index contributed by atoms with van der Waals surface area (Å²) in [6.45, 7) is 2.14. The highest BCUT2D eigenvalue weighted by atomic mass is 16.5. The standard InChI is InChI=1S/C15H18O3/c1-2-18-15(17)13-9-7-12(8-10-13)14(16)11-5-3-4-6-11/h7-11H,2-6H2,1H3. The van der Waals surface area contributed by atoms with E-state index in [1.54, 1.807) is 31.2 Å². The number of ketones is 1. The second-order valence-corrected chi connectivity index (χ2v) is 4.64. The van der Waals surface area contributed by atoms with Crippen molar-refractivity contribution in [2.24, 2.45) is 5.92 Å². The van der Waals surface area contributed by atoms with Gasteiger partial charge in [0.05, 0.1) is 12.2 Å². The molecule has 2 rings (SSSR count). The van der Waals surface area contributed by atoms with Crippen LogP contribution in [0.1, 0.15) is 53.3 Å². The zero-order valence-electron chi connectivity index (χ0n) is 10.6. The van der Waals surface area contributed by atoms with Crippen LogP contribution in [0.15, 0.2) is 24.3 Å². The normalized spacial score (nSPS) is 15.6. The smallest absolute Gasteiger partial charge is 0.338 e. The van der Waals surface area contributed by atoms with Crippen LogP contribution in [0, 0.1) is 5.92 Å². The van der Waals surface area contributed by atoms with Crippen LogP contribution in [0.2, 0.25) is 0 Å². The van der Waals surface area contributed by atoms with E-state index in [1.165, 1.54) is 0 Å². The summed E-state index contributed by atoms with van der Waals surface area (Å²) in [4.78, 5) is 23.6. The van der Waals surface area contributed by atoms with Crippen LogP contribution in [0.5, 0.6) is 0 Å². The zero-order chi connectivity index (χ0) is 13.0. The summed E-state index contributed by atoms with van der Waals surface area (Å²) in [6.07, 6.45) is 4.30. The third-order valence-electron chi connectivity index (χ3n) is 3.41. The van der Waals surface area contributed by atoms with Crippen molar-refractivity contribution in [1.29, 1.82) is 0 Å². The van der Waals surface area contributed by atoms with Crippen molar-refractivity contribution in [3.8, 4) is 0 Å². The molecule has 0 aromatic heterocycles. The van der Waals surface area contributed by atoms with E-state index in [0.29, 0.717) is 17.7 Å². The Balaban J connectivity index is 2.07. The van der Waals surface area contributed by atoms with E-state index in [4.69, 9.17) is 4.74 Å². The molecule has 1 aliphatic carbocycles. The van der Waals surface area contributed by atoms with E-state index in [9.17, 15) is 9.59 Å². The predicted octanol–water partition coefficient (Wildman–Crippen LogP) is 3.24. The maximum atomic E-state index is 12.1. The van der Waals surface area contributed by atoms with Crippen LogP contribution in [0.25, 0.3) is 0 Å². The Kier molecular flexibility index (Phi) is 4.13. The van der Waals surface area contributed by atoms with Crippen molar-refractivity contribution >= 4 is 11.8 Å². The van der Waals surface area contributed by atoms with Crippen molar-refractivity contribution in [3.05, 3.63) is 35.4 Å². The van der Waals surface area contributed by atoms with Crippen LogP contribution < -0.4 is 0 Å².